The van der Waals surface area contributed by atoms with Crippen molar-refractivity contribution in [3.63, 3.8) is 0 Å². The van der Waals surface area contributed by atoms with Gasteiger partial charge < -0.3 is 10.1 Å². The normalized spacial score (nSPS) is 15.7. The predicted octanol–water partition coefficient (Wildman–Crippen LogP) is 3.27. The quantitative estimate of drug-likeness (QED) is 0.484. The van der Waals surface area contributed by atoms with Crippen LogP contribution in [0.3, 0.4) is 0 Å². The van der Waals surface area contributed by atoms with Gasteiger partial charge in [0.2, 0.25) is 5.91 Å². The molecule has 0 bridgehead atoms. The number of carbonyl (C=O) groups is 1. The van der Waals surface area contributed by atoms with E-state index in [0.717, 1.165) is 35.4 Å². The van der Waals surface area contributed by atoms with Crippen LogP contribution in [0.4, 0.5) is 5.82 Å². The van der Waals surface area contributed by atoms with Crippen LogP contribution >= 0.6 is 0 Å². The number of fused-ring (bicyclic) bond motifs is 2. The lowest BCUT2D eigenvalue weighted by Gasteiger charge is -2.24. The number of rotatable bonds is 6. The zero-order chi connectivity index (χ0) is 21.4. The number of ether oxygens (including phenoxy) is 1. The average molecular weight is 417 g/mol. The van der Waals surface area contributed by atoms with Gasteiger partial charge in [-0.1, -0.05) is 25.5 Å². The summed E-state index contributed by atoms with van der Waals surface area (Å²) >= 11 is 0. The minimum Gasteiger partial charge on any atom is -0.494 e. The van der Waals surface area contributed by atoms with E-state index in [9.17, 15) is 4.79 Å². The average Bonchev–Trinajstić information content (AvgIpc) is 3.37. The van der Waals surface area contributed by atoms with E-state index in [4.69, 9.17) is 9.84 Å². The highest BCUT2D eigenvalue weighted by molar-refractivity contribution is 5.95. The highest BCUT2D eigenvalue weighted by Crippen LogP contribution is 2.40. The van der Waals surface area contributed by atoms with Gasteiger partial charge in [0.25, 0.3) is 0 Å². The molecule has 1 amide bonds. The molecule has 0 unspecified atom stereocenters. The van der Waals surface area contributed by atoms with Gasteiger partial charge in [0.1, 0.15) is 17.9 Å². The van der Waals surface area contributed by atoms with E-state index in [-0.39, 0.29) is 11.8 Å². The van der Waals surface area contributed by atoms with E-state index < -0.39 is 0 Å². The standard InChI is InChI=1S/C22H23N7O2/c1-3-4-11-31-16-7-5-15(6-8-16)17-12-20(30)24-22-21(17)14(2)26-29(22)19-10-9-18-25-23-13-28(18)27-19/h5-10,13,17H,3-4,11-12H2,1-2H3,(H,24,30)/t17-/m0/s1. The molecule has 3 aromatic heterocycles. The first-order valence-electron chi connectivity index (χ1n) is 10.4. The van der Waals surface area contributed by atoms with Crippen molar-refractivity contribution in [3.8, 4) is 11.6 Å². The molecule has 1 aliphatic heterocycles. The third-order valence-electron chi connectivity index (χ3n) is 5.52. The van der Waals surface area contributed by atoms with E-state index in [1.54, 1.807) is 9.20 Å². The second kappa shape index (κ2) is 7.82. The molecule has 0 saturated carbocycles. The molecule has 1 N–H and O–H groups in total. The monoisotopic (exact) mass is 417 g/mol. The van der Waals surface area contributed by atoms with E-state index in [1.165, 1.54) is 6.33 Å². The van der Waals surface area contributed by atoms with Crippen molar-refractivity contribution in [2.45, 2.75) is 39.0 Å². The van der Waals surface area contributed by atoms with Gasteiger partial charge in [0.15, 0.2) is 11.5 Å². The van der Waals surface area contributed by atoms with E-state index in [1.807, 2.05) is 43.3 Å². The first-order chi connectivity index (χ1) is 15.1. The molecule has 9 heteroatoms. The largest absolute Gasteiger partial charge is 0.494 e. The minimum absolute atomic E-state index is 0.0488. The predicted molar refractivity (Wildman–Crippen MR) is 115 cm³/mol. The summed E-state index contributed by atoms with van der Waals surface area (Å²) in [7, 11) is 0. The zero-order valence-corrected chi connectivity index (χ0v) is 17.4. The Labute approximate surface area is 179 Å². The Hall–Kier alpha value is -3.75. The van der Waals surface area contributed by atoms with Crippen LogP contribution in [0.25, 0.3) is 11.5 Å². The molecular formula is C22H23N7O2. The van der Waals surface area contributed by atoms with Crippen LogP contribution in [0, 0.1) is 6.92 Å². The molecule has 5 rings (SSSR count). The molecule has 9 nitrogen and oxygen atoms in total. The number of anilines is 1. The third kappa shape index (κ3) is 3.52. The van der Waals surface area contributed by atoms with Crippen LogP contribution in [-0.4, -0.2) is 42.1 Å². The number of hydrogen-bond acceptors (Lipinski definition) is 6. The fourth-order valence-corrected chi connectivity index (χ4v) is 3.96. The Balaban J connectivity index is 1.51. The molecule has 0 aliphatic carbocycles. The molecule has 4 heterocycles. The van der Waals surface area contributed by atoms with Crippen molar-refractivity contribution in [1.82, 2.24) is 29.6 Å². The van der Waals surface area contributed by atoms with Crippen LogP contribution in [0.2, 0.25) is 0 Å². The van der Waals surface area contributed by atoms with Crippen molar-refractivity contribution < 1.29 is 9.53 Å². The second-order valence-corrected chi connectivity index (χ2v) is 7.66. The molecule has 31 heavy (non-hydrogen) atoms. The van der Waals surface area contributed by atoms with Crippen molar-refractivity contribution in [3.05, 3.63) is 59.5 Å². The molecule has 1 aliphatic rings. The SMILES string of the molecule is CCCCOc1ccc([C@@H]2CC(=O)Nc3c2c(C)nn3-c2ccc3nncn3n2)cc1. The summed E-state index contributed by atoms with van der Waals surface area (Å²) in [5.41, 5.74) is 3.56. The molecule has 0 spiro atoms. The van der Waals surface area contributed by atoms with Crippen LogP contribution in [0.1, 0.15) is 48.9 Å². The van der Waals surface area contributed by atoms with Gasteiger partial charge in [0, 0.05) is 17.9 Å². The Morgan fingerprint density at radius 3 is 2.81 bits per heavy atom. The lowest BCUT2D eigenvalue weighted by Crippen LogP contribution is -2.25. The van der Waals surface area contributed by atoms with Gasteiger partial charge in [-0.3, -0.25) is 4.79 Å². The van der Waals surface area contributed by atoms with Crippen LogP contribution < -0.4 is 10.1 Å². The molecule has 0 radical (unpaired) electrons. The van der Waals surface area contributed by atoms with Gasteiger partial charge >= 0.3 is 0 Å². The molecule has 158 valence electrons. The van der Waals surface area contributed by atoms with Crippen LogP contribution in [0.5, 0.6) is 5.75 Å². The Morgan fingerprint density at radius 1 is 1.16 bits per heavy atom. The highest BCUT2D eigenvalue weighted by Gasteiger charge is 2.33. The highest BCUT2D eigenvalue weighted by atomic mass is 16.5. The van der Waals surface area contributed by atoms with Crippen molar-refractivity contribution in [1.29, 1.82) is 0 Å². The Bertz CT molecular complexity index is 1240. The number of aryl methyl sites for hydroxylation is 1. The van der Waals surface area contributed by atoms with Crippen molar-refractivity contribution in [2.24, 2.45) is 0 Å². The summed E-state index contributed by atoms with van der Waals surface area (Å²) in [4.78, 5) is 12.6. The summed E-state index contributed by atoms with van der Waals surface area (Å²) < 4.78 is 9.04. The number of unbranched alkanes of at least 4 members (excludes halogenated alkanes) is 1. The lowest BCUT2D eigenvalue weighted by atomic mass is 9.86. The van der Waals surface area contributed by atoms with Crippen LogP contribution in [-0.2, 0) is 4.79 Å². The van der Waals surface area contributed by atoms with Gasteiger partial charge in [-0.05, 0) is 43.2 Å². The molecule has 0 saturated heterocycles. The summed E-state index contributed by atoms with van der Waals surface area (Å²) in [5.74, 6) is 1.95. The fraction of sp³-hybridized carbons (Fsp3) is 0.318. The minimum atomic E-state index is -0.0826. The van der Waals surface area contributed by atoms with E-state index >= 15 is 0 Å². The van der Waals surface area contributed by atoms with Gasteiger partial charge in [-0.2, -0.15) is 14.3 Å². The number of aromatic nitrogens is 6. The first-order valence-corrected chi connectivity index (χ1v) is 10.4. The van der Waals surface area contributed by atoms with Crippen LogP contribution in [0.15, 0.2) is 42.7 Å². The molecule has 1 atom stereocenters. The second-order valence-electron chi connectivity index (χ2n) is 7.66. The summed E-state index contributed by atoms with van der Waals surface area (Å²) in [6, 6.07) is 11.6. The molecule has 4 aromatic rings. The van der Waals surface area contributed by atoms with Gasteiger partial charge in [0.05, 0.1) is 12.3 Å². The lowest BCUT2D eigenvalue weighted by molar-refractivity contribution is -0.116. The number of nitrogens with one attached hydrogen (secondary N) is 1. The maximum absolute atomic E-state index is 12.6. The number of carbonyl (C=O) groups excluding carboxylic acids is 1. The Morgan fingerprint density at radius 2 is 2.00 bits per heavy atom. The molecular weight excluding hydrogens is 394 g/mol. The van der Waals surface area contributed by atoms with Crippen molar-refractivity contribution >= 4 is 17.4 Å². The van der Waals surface area contributed by atoms with E-state index in [2.05, 4.69) is 27.5 Å². The summed E-state index contributed by atoms with van der Waals surface area (Å²) in [5, 5.41) is 20.0. The van der Waals surface area contributed by atoms with Gasteiger partial charge in [-0.25, -0.2) is 0 Å². The zero-order valence-electron chi connectivity index (χ0n) is 17.4. The maximum atomic E-state index is 12.6. The number of benzene rings is 1. The molecule has 1 aromatic carbocycles. The van der Waals surface area contributed by atoms with Gasteiger partial charge in [-0.15, -0.1) is 15.3 Å². The fourth-order valence-electron chi connectivity index (χ4n) is 3.96. The van der Waals surface area contributed by atoms with Crippen molar-refractivity contribution in [2.75, 3.05) is 11.9 Å². The summed E-state index contributed by atoms with van der Waals surface area (Å²) in [6.07, 6.45) is 4.03. The summed E-state index contributed by atoms with van der Waals surface area (Å²) in [6.45, 7) is 4.81. The number of amides is 1. The topological polar surface area (TPSA) is 99.2 Å². The third-order valence-corrected chi connectivity index (χ3v) is 5.52. The number of hydrogen-bond donors (Lipinski definition) is 1. The van der Waals surface area contributed by atoms with E-state index in [0.29, 0.717) is 30.3 Å². The number of nitrogens with zero attached hydrogens (tertiary/aromatic N) is 6. The smallest absolute Gasteiger partial charge is 0.226 e. The Kier molecular flexibility index (Phi) is 4.85. The maximum Gasteiger partial charge on any atom is 0.226 e. The first kappa shape index (κ1) is 19.2. The molecule has 0 fully saturated rings.